The molecule has 1 aromatic heterocycles. The highest BCUT2D eigenvalue weighted by Gasteiger charge is 2.49. The van der Waals surface area contributed by atoms with Crippen molar-refractivity contribution < 1.29 is 19.8 Å². The number of amides is 1. The van der Waals surface area contributed by atoms with E-state index >= 15 is 0 Å². The molecule has 0 bridgehead atoms. The lowest BCUT2D eigenvalue weighted by molar-refractivity contribution is -0.162. The zero-order valence-electron chi connectivity index (χ0n) is 14.5. The maximum atomic E-state index is 13.0. The molecule has 25 heavy (non-hydrogen) atoms. The number of aliphatic hydroxyl groups is 1. The van der Waals surface area contributed by atoms with Crippen molar-refractivity contribution in [2.75, 3.05) is 13.1 Å². The Bertz CT molecular complexity index is 816. The molecular weight excluding hydrogens is 322 g/mol. The first-order valence-electron chi connectivity index (χ1n) is 8.53. The number of carbonyl (C=O) groups excluding carboxylic acids is 1. The average molecular weight is 345 g/mol. The maximum Gasteiger partial charge on any atom is 0.314 e. The summed E-state index contributed by atoms with van der Waals surface area (Å²) >= 11 is 0. The summed E-state index contributed by atoms with van der Waals surface area (Å²) < 4.78 is 1.65. The van der Waals surface area contributed by atoms with Crippen molar-refractivity contribution in [3.63, 3.8) is 0 Å². The van der Waals surface area contributed by atoms with Gasteiger partial charge < -0.3 is 15.1 Å². The van der Waals surface area contributed by atoms with Gasteiger partial charge in [-0.05, 0) is 18.9 Å². The lowest BCUT2D eigenvalue weighted by Gasteiger charge is -2.43. The van der Waals surface area contributed by atoms with Gasteiger partial charge in [-0.1, -0.05) is 31.5 Å². The monoisotopic (exact) mass is 345 g/mol. The molecule has 2 aromatic rings. The molecule has 2 heterocycles. The Labute approximate surface area is 145 Å². The fraction of sp³-hybridized carbons (Fsp3) is 0.500. The molecule has 7 heteroatoms. The van der Waals surface area contributed by atoms with Crippen LogP contribution in [0.2, 0.25) is 0 Å². The Kier molecular flexibility index (Phi) is 4.51. The van der Waals surface area contributed by atoms with Crippen LogP contribution in [0.4, 0.5) is 0 Å². The number of nitrogens with zero attached hydrogens (tertiary/aromatic N) is 3. The summed E-state index contributed by atoms with van der Waals surface area (Å²) in [5, 5.41) is 25.1. The standard InChI is InChI=1S/C18H23N3O4/c1-3-9-18(17(24)25)11-21(10-8-14(18)22)16(23)15-12-6-4-5-7-13(12)20(2)19-15/h4-7,14,22H,3,8-11H2,1-2H3,(H,24,25)/t14-,18+/m0/s1. The molecule has 2 atom stereocenters. The van der Waals surface area contributed by atoms with Gasteiger partial charge in [-0.15, -0.1) is 0 Å². The summed E-state index contributed by atoms with van der Waals surface area (Å²) in [6.07, 6.45) is 0.256. The number of hydrogen-bond donors (Lipinski definition) is 2. The van der Waals surface area contributed by atoms with Gasteiger partial charge in [-0.25, -0.2) is 0 Å². The van der Waals surface area contributed by atoms with Crippen LogP contribution in [0.1, 0.15) is 36.7 Å². The third-order valence-electron chi connectivity index (χ3n) is 5.15. The summed E-state index contributed by atoms with van der Waals surface area (Å²) in [6.45, 7) is 2.20. The minimum Gasteiger partial charge on any atom is -0.481 e. The maximum absolute atomic E-state index is 13.0. The minimum absolute atomic E-state index is 0.00107. The van der Waals surface area contributed by atoms with Gasteiger partial charge in [-0.3, -0.25) is 14.3 Å². The summed E-state index contributed by atoms with van der Waals surface area (Å²) in [5.41, 5.74) is -0.140. The van der Waals surface area contributed by atoms with Crippen LogP contribution in [0.5, 0.6) is 0 Å². The Hall–Kier alpha value is -2.41. The number of rotatable bonds is 4. The van der Waals surface area contributed by atoms with E-state index in [4.69, 9.17) is 0 Å². The topological polar surface area (TPSA) is 95.7 Å². The number of aliphatic carboxylic acids is 1. The molecule has 0 aliphatic carbocycles. The summed E-state index contributed by atoms with van der Waals surface area (Å²) in [6, 6.07) is 7.45. The van der Waals surface area contributed by atoms with Crippen LogP contribution in [0.15, 0.2) is 24.3 Å². The largest absolute Gasteiger partial charge is 0.481 e. The number of piperidine rings is 1. The van der Waals surface area contributed by atoms with E-state index in [2.05, 4.69) is 5.10 Å². The molecule has 0 spiro atoms. The van der Waals surface area contributed by atoms with Gasteiger partial charge in [0.2, 0.25) is 0 Å². The highest BCUT2D eigenvalue weighted by molar-refractivity contribution is 6.05. The van der Waals surface area contributed by atoms with Crippen LogP contribution in [0.3, 0.4) is 0 Å². The number of carboxylic acid groups (broad SMARTS) is 1. The number of fused-ring (bicyclic) bond motifs is 1. The summed E-state index contributed by atoms with van der Waals surface area (Å²) in [7, 11) is 1.78. The lowest BCUT2D eigenvalue weighted by Crippen LogP contribution is -2.57. The Morgan fingerprint density at radius 1 is 1.36 bits per heavy atom. The number of aliphatic hydroxyl groups excluding tert-OH is 1. The SMILES string of the molecule is CCC[C@@]1(C(=O)O)CN(C(=O)c2nn(C)c3ccccc23)CC[C@@H]1O. The molecule has 0 unspecified atom stereocenters. The number of carbonyl (C=O) groups is 2. The van der Waals surface area contributed by atoms with Crippen molar-refractivity contribution in [1.29, 1.82) is 0 Å². The predicted molar refractivity (Wildman–Crippen MR) is 92.2 cm³/mol. The third kappa shape index (κ3) is 2.78. The van der Waals surface area contributed by atoms with E-state index in [1.165, 1.54) is 4.90 Å². The Morgan fingerprint density at radius 3 is 2.76 bits per heavy atom. The predicted octanol–water partition coefficient (Wildman–Crippen LogP) is 1.65. The fourth-order valence-electron chi connectivity index (χ4n) is 3.78. The van der Waals surface area contributed by atoms with E-state index in [0.717, 1.165) is 10.9 Å². The number of aromatic nitrogens is 2. The van der Waals surface area contributed by atoms with Gasteiger partial charge in [0.1, 0.15) is 5.41 Å². The van der Waals surface area contributed by atoms with Gasteiger partial charge in [0.25, 0.3) is 5.91 Å². The molecule has 1 aromatic carbocycles. The van der Waals surface area contributed by atoms with Gasteiger partial charge in [0, 0.05) is 25.5 Å². The van der Waals surface area contributed by atoms with Crippen molar-refractivity contribution in [2.24, 2.45) is 12.5 Å². The normalized spacial score (nSPS) is 23.8. The van der Waals surface area contributed by atoms with Crippen molar-refractivity contribution in [3.05, 3.63) is 30.0 Å². The molecular formula is C18H23N3O4. The van der Waals surface area contributed by atoms with Crippen LogP contribution < -0.4 is 0 Å². The zero-order chi connectivity index (χ0) is 18.2. The quantitative estimate of drug-likeness (QED) is 0.878. The van der Waals surface area contributed by atoms with Crippen LogP contribution >= 0.6 is 0 Å². The second-order valence-electron chi connectivity index (χ2n) is 6.73. The molecule has 1 fully saturated rings. The molecule has 3 rings (SSSR count). The first kappa shape index (κ1) is 17.4. The number of likely N-dealkylation sites (tertiary alicyclic amines) is 1. The molecule has 0 saturated carbocycles. The molecule has 134 valence electrons. The minimum atomic E-state index is -1.31. The molecule has 1 amide bonds. The van der Waals surface area contributed by atoms with E-state index in [-0.39, 0.29) is 18.9 Å². The van der Waals surface area contributed by atoms with Gasteiger partial charge in [0.05, 0.1) is 11.6 Å². The van der Waals surface area contributed by atoms with Gasteiger partial charge in [-0.2, -0.15) is 5.10 Å². The van der Waals surface area contributed by atoms with E-state index in [1.54, 1.807) is 11.7 Å². The lowest BCUT2D eigenvalue weighted by atomic mass is 9.74. The average Bonchev–Trinajstić information content (AvgIpc) is 2.93. The molecule has 7 nitrogen and oxygen atoms in total. The number of carboxylic acids is 1. The summed E-state index contributed by atoms with van der Waals surface area (Å²) in [5.74, 6) is -1.34. The third-order valence-corrected chi connectivity index (χ3v) is 5.15. The van der Waals surface area contributed by atoms with Crippen LogP contribution in [-0.4, -0.2) is 56.0 Å². The van der Waals surface area contributed by atoms with Crippen LogP contribution in [0.25, 0.3) is 10.9 Å². The Balaban J connectivity index is 1.95. The van der Waals surface area contributed by atoms with E-state index in [0.29, 0.717) is 25.1 Å². The van der Waals surface area contributed by atoms with E-state index in [9.17, 15) is 19.8 Å². The second kappa shape index (κ2) is 6.48. The molecule has 0 radical (unpaired) electrons. The molecule has 1 aliphatic rings. The molecule has 1 saturated heterocycles. The molecule has 2 N–H and O–H groups in total. The fourth-order valence-corrected chi connectivity index (χ4v) is 3.78. The van der Waals surface area contributed by atoms with E-state index < -0.39 is 17.5 Å². The van der Waals surface area contributed by atoms with Crippen molar-refractivity contribution >= 4 is 22.8 Å². The zero-order valence-corrected chi connectivity index (χ0v) is 14.5. The number of aryl methyl sites for hydroxylation is 1. The number of hydrogen-bond acceptors (Lipinski definition) is 4. The van der Waals surface area contributed by atoms with Crippen molar-refractivity contribution in [2.45, 2.75) is 32.3 Å². The van der Waals surface area contributed by atoms with Crippen molar-refractivity contribution in [1.82, 2.24) is 14.7 Å². The number of para-hydroxylation sites is 1. The first-order chi connectivity index (χ1) is 11.9. The summed E-state index contributed by atoms with van der Waals surface area (Å²) in [4.78, 5) is 26.4. The first-order valence-corrected chi connectivity index (χ1v) is 8.53. The van der Waals surface area contributed by atoms with Crippen LogP contribution in [-0.2, 0) is 11.8 Å². The number of benzene rings is 1. The second-order valence-corrected chi connectivity index (χ2v) is 6.73. The van der Waals surface area contributed by atoms with Crippen LogP contribution in [0, 0.1) is 5.41 Å². The van der Waals surface area contributed by atoms with E-state index in [1.807, 2.05) is 31.2 Å². The highest BCUT2D eigenvalue weighted by atomic mass is 16.4. The smallest absolute Gasteiger partial charge is 0.314 e. The van der Waals surface area contributed by atoms with Gasteiger partial charge in [0.15, 0.2) is 5.69 Å². The highest BCUT2D eigenvalue weighted by Crippen LogP contribution is 2.36. The molecule has 1 aliphatic heterocycles. The Morgan fingerprint density at radius 2 is 2.08 bits per heavy atom. The van der Waals surface area contributed by atoms with Gasteiger partial charge >= 0.3 is 5.97 Å². The van der Waals surface area contributed by atoms with Crippen molar-refractivity contribution in [3.8, 4) is 0 Å².